The lowest BCUT2D eigenvalue weighted by molar-refractivity contribution is -0.870. The van der Waals surface area contributed by atoms with Gasteiger partial charge >= 0.3 is 19.8 Å². The number of unbranched alkanes of at least 4 members (excludes halogenated alkanes) is 48. The van der Waals surface area contributed by atoms with Crippen LogP contribution in [0.15, 0.2) is 97.2 Å². The third-order valence-electron chi connectivity index (χ3n) is 18.6. The van der Waals surface area contributed by atoms with Gasteiger partial charge in [-0.1, -0.05) is 387 Å². The first-order valence-corrected chi connectivity index (χ1v) is 43.5. The summed E-state index contributed by atoms with van der Waals surface area (Å²) in [7, 11) is 1.49. The molecule has 0 radical (unpaired) electrons. The molecule has 10 heteroatoms. The predicted octanol–water partition coefficient (Wildman–Crippen LogP) is 28.2. The van der Waals surface area contributed by atoms with Crippen LogP contribution >= 0.6 is 7.82 Å². The van der Waals surface area contributed by atoms with Crippen molar-refractivity contribution in [1.29, 1.82) is 0 Å². The van der Waals surface area contributed by atoms with Gasteiger partial charge in [-0.15, -0.1) is 0 Å². The fourth-order valence-electron chi connectivity index (χ4n) is 12.2. The van der Waals surface area contributed by atoms with Crippen LogP contribution in [0.5, 0.6) is 0 Å². The monoisotopic (exact) mass is 1390 g/mol. The molecule has 570 valence electrons. The summed E-state index contributed by atoms with van der Waals surface area (Å²) in [6.07, 6.45) is 110. The Morgan fingerprint density at radius 1 is 0.327 bits per heavy atom. The van der Waals surface area contributed by atoms with Crippen LogP contribution in [0.1, 0.15) is 399 Å². The number of phosphoric acid groups is 1. The van der Waals surface area contributed by atoms with Crippen molar-refractivity contribution in [2.45, 2.75) is 405 Å². The number of allylic oxidation sites excluding steroid dienone is 16. The highest BCUT2D eigenvalue weighted by Crippen LogP contribution is 2.43. The van der Waals surface area contributed by atoms with Gasteiger partial charge in [0, 0.05) is 12.8 Å². The van der Waals surface area contributed by atoms with Crippen molar-refractivity contribution in [2.75, 3.05) is 47.5 Å². The van der Waals surface area contributed by atoms with E-state index in [1.165, 1.54) is 289 Å². The van der Waals surface area contributed by atoms with Crippen molar-refractivity contribution < 1.29 is 42.1 Å². The fraction of sp³-hybridized carbons (Fsp3) is 0.795. The fourth-order valence-corrected chi connectivity index (χ4v) is 13.0. The van der Waals surface area contributed by atoms with Gasteiger partial charge in [0.2, 0.25) is 0 Å². The first kappa shape index (κ1) is 94.9. The number of rotatable bonds is 78. The number of carbonyl (C=O) groups excluding carboxylic acids is 2. The van der Waals surface area contributed by atoms with Crippen LogP contribution in [0.4, 0.5) is 0 Å². The minimum Gasteiger partial charge on any atom is -0.462 e. The van der Waals surface area contributed by atoms with E-state index in [9.17, 15) is 19.0 Å². The summed E-state index contributed by atoms with van der Waals surface area (Å²) in [5.41, 5.74) is 0. The van der Waals surface area contributed by atoms with Crippen LogP contribution in [-0.4, -0.2) is 74.9 Å². The first-order chi connectivity index (χ1) is 48.0. The molecule has 98 heavy (non-hydrogen) atoms. The number of hydrogen-bond acceptors (Lipinski definition) is 7. The molecule has 0 spiro atoms. The highest BCUT2D eigenvalue weighted by atomic mass is 31.2. The predicted molar refractivity (Wildman–Crippen MR) is 427 cm³/mol. The molecule has 2 atom stereocenters. The molecular formula is C88H161NO8P+. The Morgan fingerprint density at radius 2 is 0.582 bits per heavy atom. The molecule has 2 unspecified atom stereocenters. The SMILES string of the molecule is CC/C=C\C/C=C\C/C=C\C/C=C\C/C=C\CCCCCCCCCCCCCCCCCCCCCCCCCCCC(=O)OC(COC(=O)CCCCCCCCCCCCCCCCCCCC/C=C\C/C=C\C/C=C\CCCCCCC)COP(=O)(O)OCC[N+](C)(C)C. The Kier molecular flexibility index (Phi) is 75.6. The van der Waals surface area contributed by atoms with Crippen LogP contribution in [-0.2, 0) is 32.7 Å². The molecule has 0 amide bonds. The first-order valence-electron chi connectivity index (χ1n) is 42.0. The molecule has 9 nitrogen and oxygen atoms in total. The van der Waals surface area contributed by atoms with E-state index in [-0.39, 0.29) is 25.6 Å². The molecule has 0 aromatic carbocycles. The molecule has 0 fully saturated rings. The number of likely N-dealkylation sites (N-methyl/N-ethyl adjacent to an activating group) is 1. The average molecular weight is 1390 g/mol. The number of ether oxygens (including phenoxy) is 2. The molecule has 0 aliphatic rings. The van der Waals surface area contributed by atoms with Gasteiger partial charge in [0.15, 0.2) is 6.10 Å². The second-order valence-electron chi connectivity index (χ2n) is 29.5. The average Bonchev–Trinajstić information content (AvgIpc) is 1.08. The molecule has 0 heterocycles. The zero-order valence-electron chi connectivity index (χ0n) is 65.3. The Balaban J connectivity index is 3.90. The van der Waals surface area contributed by atoms with Crippen molar-refractivity contribution in [3.63, 3.8) is 0 Å². The Hall–Kier alpha value is -3.07. The normalized spacial score (nSPS) is 13.5. The van der Waals surface area contributed by atoms with Gasteiger partial charge in [-0.2, -0.15) is 0 Å². The molecule has 0 saturated carbocycles. The van der Waals surface area contributed by atoms with E-state index in [1.807, 2.05) is 21.1 Å². The summed E-state index contributed by atoms with van der Waals surface area (Å²) in [5, 5.41) is 0. The highest BCUT2D eigenvalue weighted by Gasteiger charge is 2.27. The second kappa shape index (κ2) is 78.1. The van der Waals surface area contributed by atoms with Crippen molar-refractivity contribution in [2.24, 2.45) is 0 Å². The molecular weight excluding hydrogens is 1230 g/mol. The highest BCUT2D eigenvalue weighted by molar-refractivity contribution is 7.47. The van der Waals surface area contributed by atoms with E-state index in [4.69, 9.17) is 18.5 Å². The number of carbonyl (C=O) groups is 2. The van der Waals surface area contributed by atoms with E-state index in [0.717, 1.165) is 77.0 Å². The Morgan fingerprint density at radius 3 is 0.867 bits per heavy atom. The molecule has 0 rings (SSSR count). The summed E-state index contributed by atoms with van der Waals surface area (Å²) >= 11 is 0. The van der Waals surface area contributed by atoms with Crippen molar-refractivity contribution in [3.05, 3.63) is 97.2 Å². The lowest BCUT2D eigenvalue weighted by atomic mass is 10.0. The van der Waals surface area contributed by atoms with Gasteiger partial charge in [0.25, 0.3) is 0 Å². The summed E-state index contributed by atoms with van der Waals surface area (Å²) in [4.78, 5) is 36.0. The zero-order chi connectivity index (χ0) is 71.1. The quantitative estimate of drug-likeness (QED) is 0.0211. The molecule has 0 bridgehead atoms. The Labute approximate surface area is 608 Å². The van der Waals surface area contributed by atoms with E-state index in [2.05, 4.69) is 111 Å². The van der Waals surface area contributed by atoms with Gasteiger partial charge < -0.3 is 18.9 Å². The second-order valence-corrected chi connectivity index (χ2v) is 30.9. The number of hydrogen-bond donors (Lipinski definition) is 1. The summed E-state index contributed by atoms with van der Waals surface area (Å²) in [5.74, 6) is -0.777. The maximum absolute atomic E-state index is 12.9. The summed E-state index contributed by atoms with van der Waals surface area (Å²) < 4.78 is 34.9. The van der Waals surface area contributed by atoms with Crippen LogP contribution in [0, 0.1) is 0 Å². The minimum atomic E-state index is -4.40. The molecule has 0 aliphatic carbocycles. The molecule has 0 saturated heterocycles. The molecule has 1 N–H and O–H groups in total. The maximum Gasteiger partial charge on any atom is 0.472 e. The van der Waals surface area contributed by atoms with Crippen LogP contribution in [0.3, 0.4) is 0 Å². The van der Waals surface area contributed by atoms with E-state index in [0.29, 0.717) is 23.9 Å². The van der Waals surface area contributed by atoms with Gasteiger partial charge in [-0.05, 0) is 96.3 Å². The van der Waals surface area contributed by atoms with Gasteiger partial charge in [0.05, 0.1) is 27.7 Å². The lowest BCUT2D eigenvalue weighted by Gasteiger charge is -2.24. The molecule has 0 aliphatic heterocycles. The molecule has 0 aromatic rings. The topological polar surface area (TPSA) is 108 Å². The third kappa shape index (κ3) is 81.9. The third-order valence-corrected chi connectivity index (χ3v) is 19.6. The lowest BCUT2D eigenvalue weighted by Crippen LogP contribution is -2.37. The zero-order valence-corrected chi connectivity index (χ0v) is 66.2. The minimum absolute atomic E-state index is 0.0324. The molecule has 0 aromatic heterocycles. The van der Waals surface area contributed by atoms with Crippen LogP contribution < -0.4 is 0 Å². The number of phosphoric ester groups is 1. The maximum atomic E-state index is 12.9. The van der Waals surface area contributed by atoms with Crippen molar-refractivity contribution >= 4 is 19.8 Å². The standard InChI is InChI=1S/C88H160NO8P/c1-6-8-10-12-14-16-18-20-22-24-26-28-30-32-34-36-38-40-41-42-43-44-45-46-47-49-51-53-55-57-59-61-63-65-67-69-71-73-75-77-79-81-88(91)97-86(85-96-98(92,93)95-83-82-89(3,4)5)84-94-87(90)80-78-76-74-72-70-68-66-64-62-60-58-56-54-52-50-48-39-37-35-33-31-29-27-25-23-21-19-17-15-13-11-9-7-2/h8,10,14,16,19-22,25-28,31-34,86H,6-7,9,11-13,15,17-18,23-24,29-30,35-85H2,1-5H3/p+1/b10-8-,16-14-,21-19-,22-20-,27-25-,28-26-,33-31-,34-32-. The smallest absolute Gasteiger partial charge is 0.462 e. The van der Waals surface area contributed by atoms with Crippen molar-refractivity contribution in [3.8, 4) is 0 Å². The Bertz CT molecular complexity index is 1980. The van der Waals surface area contributed by atoms with Crippen LogP contribution in [0.25, 0.3) is 0 Å². The van der Waals surface area contributed by atoms with Crippen molar-refractivity contribution in [1.82, 2.24) is 0 Å². The number of quaternary nitrogens is 1. The summed E-state index contributed by atoms with van der Waals surface area (Å²) in [6, 6.07) is 0. The van der Waals surface area contributed by atoms with E-state index in [1.54, 1.807) is 0 Å². The largest absolute Gasteiger partial charge is 0.472 e. The van der Waals surface area contributed by atoms with E-state index >= 15 is 0 Å². The number of esters is 2. The summed E-state index contributed by atoms with van der Waals surface area (Å²) in [6.45, 7) is 4.37. The van der Waals surface area contributed by atoms with Gasteiger partial charge in [-0.25, -0.2) is 4.57 Å². The van der Waals surface area contributed by atoms with Gasteiger partial charge in [0.1, 0.15) is 19.8 Å². The number of nitrogens with zero attached hydrogens (tertiary/aromatic N) is 1. The van der Waals surface area contributed by atoms with Crippen LogP contribution in [0.2, 0.25) is 0 Å². The van der Waals surface area contributed by atoms with Gasteiger partial charge in [-0.3, -0.25) is 18.6 Å². The van der Waals surface area contributed by atoms with E-state index < -0.39 is 26.5 Å².